The van der Waals surface area contributed by atoms with E-state index < -0.39 is 5.41 Å². The summed E-state index contributed by atoms with van der Waals surface area (Å²) in [5.74, 6) is -0.0950. The summed E-state index contributed by atoms with van der Waals surface area (Å²) in [6.45, 7) is 0. The fourth-order valence-electron chi connectivity index (χ4n) is 2.49. The first-order chi connectivity index (χ1) is 7.69. The van der Waals surface area contributed by atoms with Gasteiger partial charge in [-0.3, -0.25) is 25.2 Å². The molecule has 0 unspecified atom stereocenters. The van der Waals surface area contributed by atoms with Crippen molar-refractivity contribution in [2.75, 3.05) is 7.05 Å². The van der Waals surface area contributed by atoms with Crippen molar-refractivity contribution in [3.05, 3.63) is 0 Å². The molecule has 0 atom stereocenters. The Labute approximate surface area is 94.7 Å². The van der Waals surface area contributed by atoms with Gasteiger partial charge in [-0.15, -0.1) is 0 Å². The standard InChI is InChI=1S/C11H17N3O2/c1-12-10-13-8(15)11(9(16)14-10)6-4-2-3-5-7-11/h2-7H2,1H3,(H2,12,13,14,15,16). The summed E-state index contributed by atoms with van der Waals surface area (Å²) in [7, 11) is 1.54. The molecular weight excluding hydrogens is 206 g/mol. The number of hydrogen-bond donors (Lipinski definition) is 2. The van der Waals surface area contributed by atoms with Gasteiger partial charge < -0.3 is 0 Å². The summed E-state index contributed by atoms with van der Waals surface area (Å²) in [5, 5.41) is 5.33. The first kappa shape index (κ1) is 11.1. The Balaban J connectivity index is 2.25. The molecule has 1 heterocycles. The lowest BCUT2D eigenvalue weighted by atomic mass is 9.77. The van der Waals surface area contributed by atoms with Gasteiger partial charge in [0.25, 0.3) is 0 Å². The molecule has 2 N–H and O–H groups in total. The van der Waals surface area contributed by atoms with E-state index in [0.717, 1.165) is 25.7 Å². The normalized spacial score (nSPS) is 24.7. The third kappa shape index (κ3) is 1.70. The van der Waals surface area contributed by atoms with Crippen LogP contribution in [0, 0.1) is 5.41 Å². The van der Waals surface area contributed by atoms with Crippen molar-refractivity contribution in [2.45, 2.75) is 38.5 Å². The summed E-state index contributed by atoms with van der Waals surface area (Å²) in [4.78, 5) is 27.9. The second-order valence-corrected chi connectivity index (χ2v) is 4.48. The molecule has 2 rings (SSSR count). The Morgan fingerprint density at radius 2 is 1.50 bits per heavy atom. The van der Waals surface area contributed by atoms with Crippen molar-refractivity contribution < 1.29 is 9.59 Å². The van der Waals surface area contributed by atoms with E-state index in [9.17, 15) is 9.59 Å². The van der Waals surface area contributed by atoms with Crippen LogP contribution >= 0.6 is 0 Å². The van der Waals surface area contributed by atoms with E-state index in [2.05, 4.69) is 15.6 Å². The number of guanidine groups is 1. The maximum atomic E-state index is 12.1. The quantitative estimate of drug-likeness (QED) is 0.589. The van der Waals surface area contributed by atoms with Crippen LogP contribution in [0.25, 0.3) is 0 Å². The topological polar surface area (TPSA) is 70.6 Å². The number of nitrogens with one attached hydrogen (secondary N) is 2. The smallest absolute Gasteiger partial charge is 0.242 e. The minimum atomic E-state index is -0.843. The highest BCUT2D eigenvalue weighted by Gasteiger charge is 2.48. The first-order valence-corrected chi connectivity index (χ1v) is 5.79. The van der Waals surface area contributed by atoms with Gasteiger partial charge in [-0.05, 0) is 12.8 Å². The molecular formula is C11H17N3O2. The van der Waals surface area contributed by atoms with Crippen LogP contribution in [0.1, 0.15) is 38.5 Å². The van der Waals surface area contributed by atoms with Crippen LogP contribution < -0.4 is 10.6 Å². The number of carbonyl (C=O) groups is 2. The second-order valence-electron chi connectivity index (χ2n) is 4.48. The highest BCUT2D eigenvalue weighted by molar-refractivity contribution is 6.20. The number of rotatable bonds is 0. The number of aliphatic imine (C=N–C) groups is 1. The van der Waals surface area contributed by atoms with E-state index in [1.54, 1.807) is 7.05 Å². The SMILES string of the molecule is CN=C1NC(=O)C2(CCCCCC2)C(=O)N1. The van der Waals surface area contributed by atoms with Gasteiger partial charge in [0.1, 0.15) is 5.41 Å². The lowest BCUT2D eigenvalue weighted by Gasteiger charge is -2.34. The van der Waals surface area contributed by atoms with Crippen LogP contribution in [-0.4, -0.2) is 24.8 Å². The molecule has 1 saturated carbocycles. The highest BCUT2D eigenvalue weighted by atomic mass is 16.2. The lowest BCUT2D eigenvalue weighted by Crippen LogP contribution is -2.62. The van der Waals surface area contributed by atoms with E-state index in [1.807, 2.05) is 0 Å². The zero-order valence-electron chi connectivity index (χ0n) is 9.51. The summed E-state index contributed by atoms with van der Waals surface area (Å²) in [5.41, 5.74) is -0.843. The van der Waals surface area contributed by atoms with Crippen LogP contribution in [0.2, 0.25) is 0 Å². The molecule has 1 aliphatic carbocycles. The van der Waals surface area contributed by atoms with Crippen LogP contribution in [0.15, 0.2) is 4.99 Å². The molecule has 1 spiro atoms. The Kier molecular flexibility index (Phi) is 2.94. The Morgan fingerprint density at radius 1 is 1.00 bits per heavy atom. The number of hydrogen-bond acceptors (Lipinski definition) is 3. The predicted molar refractivity (Wildman–Crippen MR) is 59.8 cm³/mol. The molecule has 1 aliphatic heterocycles. The average Bonchev–Trinajstić information content (AvgIpc) is 2.52. The van der Waals surface area contributed by atoms with Crippen molar-refractivity contribution in [2.24, 2.45) is 10.4 Å². The number of nitrogens with zero attached hydrogens (tertiary/aromatic N) is 1. The molecule has 0 aromatic carbocycles. The molecule has 2 amide bonds. The van der Waals surface area contributed by atoms with E-state index in [1.165, 1.54) is 0 Å². The summed E-state index contributed by atoms with van der Waals surface area (Å²) in [6.07, 6.45) is 5.41. The van der Waals surface area contributed by atoms with Gasteiger partial charge in [0.05, 0.1) is 0 Å². The summed E-state index contributed by atoms with van der Waals surface area (Å²) < 4.78 is 0. The maximum absolute atomic E-state index is 12.1. The van der Waals surface area contributed by atoms with E-state index in [-0.39, 0.29) is 17.8 Å². The third-order valence-electron chi connectivity index (χ3n) is 3.51. The van der Waals surface area contributed by atoms with Crippen molar-refractivity contribution in [1.82, 2.24) is 10.6 Å². The molecule has 1 saturated heterocycles. The van der Waals surface area contributed by atoms with Crippen molar-refractivity contribution >= 4 is 17.8 Å². The van der Waals surface area contributed by atoms with Crippen molar-refractivity contribution in [3.8, 4) is 0 Å². The molecule has 0 radical (unpaired) electrons. The van der Waals surface area contributed by atoms with Crippen molar-refractivity contribution in [1.29, 1.82) is 0 Å². The fourth-order valence-corrected chi connectivity index (χ4v) is 2.49. The van der Waals surface area contributed by atoms with Gasteiger partial charge in [0.15, 0.2) is 0 Å². The van der Waals surface area contributed by atoms with Gasteiger partial charge in [-0.1, -0.05) is 25.7 Å². The molecule has 2 aliphatic rings. The van der Waals surface area contributed by atoms with E-state index in [4.69, 9.17) is 0 Å². The highest BCUT2D eigenvalue weighted by Crippen LogP contribution is 2.36. The van der Waals surface area contributed by atoms with Gasteiger partial charge in [0, 0.05) is 7.05 Å². The average molecular weight is 223 g/mol. The molecule has 0 aromatic heterocycles. The molecule has 16 heavy (non-hydrogen) atoms. The summed E-state index contributed by atoms with van der Waals surface area (Å²) >= 11 is 0. The fraction of sp³-hybridized carbons (Fsp3) is 0.727. The third-order valence-corrected chi connectivity index (χ3v) is 3.51. The molecule has 88 valence electrons. The number of amides is 2. The van der Waals surface area contributed by atoms with Crippen LogP contribution in [-0.2, 0) is 9.59 Å². The Hall–Kier alpha value is -1.39. The lowest BCUT2D eigenvalue weighted by molar-refractivity contribution is -0.144. The minimum absolute atomic E-state index is 0.182. The monoisotopic (exact) mass is 223 g/mol. The first-order valence-electron chi connectivity index (χ1n) is 5.79. The molecule has 5 heteroatoms. The van der Waals surface area contributed by atoms with Crippen LogP contribution in [0.4, 0.5) is 0 Å². The zero-order valence-corrected chi connectivity index (χ0v) is 9.51. The van der Waals surface area contributed by atoms with Gasteiger partial charge in [-0.2, -0.15) is 0 Å². The van der Waals surface area contributed by atoms with Crippen molar-refractivity contribution in [3.63, 3.8) is 0 Å². The molecule has 5 nitrogen and oxygen atoms in total. The Morgan fingerprint density at radius 3 is 1.94 bits per heavy atom. The van der Waals surface area contributed by atoms with Crippen LogP contribution in [0.5, 0.6) is 0 Å². The maximum Gasteiger partial charge on any atom is 0.242 e. The molecule has 2 fully saturated rings. The molecule has 0 aromatic rings. The van der Waals surface area contributed by atoms with Gasteiger partial charge in [0.2, 0.25) is 17.8 Å². The Bertz CT molecular complexity index is 319. The minimum Gasteiger partial charge on any atom is -0.295 e. The van der Waals surface area contributed by atoms with Gasteiger partial charge in [-0.25, -0.2) is 0 Å². The second kappa shape index (κ2) is 4.23. The number of carbonyl (C=O) groups excluding carboxylic acids is 2. The molecule has 0 bridgehead atoms. The van der Waals surface area contributed by atoms with E-state index in [0.29, 0.717) is 12.8 Å². The predicted octanol–water partition coefficient (Wildman–Crippen LogP) is 0.559. The van der Waals surface area contributed by atoms with Gasteiger partial charge >= 0.3 is 0 Å². The largest absolute Gasteiger partial charge is 0.295 e. The van der Waals surface area contributed by atoms with Crippen LogP contribution in [0.3, 0.4) is 0 Å². The summed E-state index contributed by atoms with van der Waals surface area (Å²) in [6, 6.07) is 0. The van der Waals surface area contributed by atoms with E-state index >= 15 is 0 Å². The zero-order chi connectivity index (χ0) is 11.6.